The fraction of sp³-hybridized carbons (Fsp3) is 0.364. The second kappa shape index (κ2) is 6.55. The van der Waals surface area contributed by atoms with Gasteiger partial charge >= 0.3 is 11.9 Å². The van der Waals surface area contributed by atoms with Crippen LogP contribution in [0, 0.1) is 16.7 Å². The number of alkyl halides is 2. The van der Waals surface area contributed by atoms with Gasteiger partial charge in [0.05, 0.1) is 0 Å². The van der Waals surface area contributed by atoms with Crippen molar-refractivity contribution in [3.8, 4) is 0 Å². The molecular formula is C11H11F2NO5. The number of carbonyl (C=O) groups excluding carboxylic acids is 1. The molecule has 2 atom stereocenters. The molecule has 0 fully saturated rings. The molecule has 0 amide bonds. The number of nitrogens with one attached hydrogen (secondary N) is 1. The standard InChI is InChI=1S/C10H10F2O4.CHNO/c1-5-6(7(13)14)3-2-4-10(5,8(11)12)9(15)16;2-1-3/h2-5,8H,1H3,(H,13,14)(H,15,16);2H. The number of carboxylic acid groups (broad SMARTS) is 2. The monoisotopic (exact) mass is 275 g/mol. The van der Waals surface area contributed by atoms with Crippen LogP contribution in [0.1, 0.15) is 6.92 Å². The molecule has 3 N–H and O–H groups in total. The van der Waals surface area contributed by atoms with Gasteiger partial charge < -0.3 is 10.2 Å². The summed E-state index contributed by atoms with van der Waals surface area (Å²) in [6.07, 6.45) is 0.608. The smallest absolute Gasteiger partial charge is 0.331 e. The fourth-order valence-electron chi connectivity index (χ4n) is 1.73. The third-order valence-electron chi connectivity index (χ3n) is 2.81. The van der Waals surface area contributed by atoms with Crippen molar-refractivity contribution in [3.63, 3.8) is 0 Å². The molecule has 0 saturated heterocycles. The van der Waals surface area contributed by atoms with Gasteiger partial charge in [-0.3, -0.25) is 4.79 Å². The van der Waals surface area contributed by atoms with E-state index in [9.17, 15) is 18.4 Å². The Morgan fingerprint density at radius 1 is 1.47 bits per heavy atom. The van der Waals surface area contributed by atoms with E-state index in [1.54, 1.807) is 0 Å². The maximum atomic E-state index is 12.9. The molecule has 0 aromatic rings. The number of carboxylic acids is 2. The van der Waals surface area contributed by atoms with Crippen LogP contribution in [-0.4, -0.2) is 34.7 Å². The average molecular weight is 275 g/mol. The summed E-state index contributed by atoms with van der Waals surface area (Å²) in [5, 5.41) is 23.0. The van der Waals surface area contributed by atoms with Gasteiger partial charge in [-0.05, 0) is 0 Å². The van der Waals surface area contributed by atoms with Crippen LogP contribution >= 0.6 is 0 Å². The topological polar surface area (TPSA) is 116 Å². The highest BCUT2D eigenvalue weighted by Gasteiger charge is 2.53. The van der Waals surface area contributed by atoms with Gasteiger partial charge in [0.15, 0.2) is 5.41 Å². The highest BCUT2D eigenvalue weighted by atomic mass is 19.3. The number of hydrogen-bond donors (Lipinski definition) is 3. The molecule has 0 radical (unpaired) electrons. The molecule has 104 valence electrons. The molecule has 0 spiro atoms. The van der Waals surface area contributed by atoms with Gasteiger partial charge in [0.1, 0.15) is 0 Å². The van der Waals surface area contributed by atoms with Crippen LogP contribution in [-0.2, 0) is 14.4 Å². The largest absolute Gasteiger partial charge is 0.480 e. The minimum atomic E-state index is -3.17. The molecule has 8 heteroatoms. The molecule has 6 nitrogen and oxygen atoms in total. The number of halogens is 2. The summed E-state index contributed by atoms with van der Waals surface area (Å²) in [6, 6.07) is 0. The Labute approximate surface area is 106 Å². The van der Waals surface area contributed by atoms with Gasteiger partial charge in [-0.15, -0.1) is 0 Å². The van der Waals surface area contributed by atoms with Gasteiger partial charge in [-0.2, -0.15) is 0 Å². The van der Waals surface area contributed by atoms with Gasteiger partial charge in [0, 0.05) is 11.5 Å². The van der Waals surface area contributed by atoms with Crippen molar-refractivity contribution >= 4 is 18.0 Å². The Hall–Kier alpha value is -2.34. The number of isocyanates is 1. The van der Waals surface area contributed by atoms with Gasteiger partial charge in [-0.25, -0.2) is 23.8 Å². The lowest BCUT2D eigenvalue weighted by atomic mass is 9.70. The first-order valence-corrected chi connectivity index (χ1v) is 4.93. The van der Waals surface area contributed by atoms with Gasteiger partial charge in [-0.1, -0.05) is 25.2 Å². The minimum Gasteiger partial charge on any atom is -0.480 e. The van der Waals surface area contributed by atoms with Crippen molar-refractivity contribution in [3.05, 3.63) is 23.8 Å². The van der Waals surface area contributed by atoms with E-state index >= 15 is 0 Å². The minimum absolute atomic E-state index is 0.329. The quantitative estimate of drug-likeness (QED) is 0.532. The highest BCUT2D eigenvalue weighted by molar-refractivity contribution is 5.91. The van der Waals surface area contributed by atoms with E-state index in [2.05, 4.69) is 0 Å². The maximum Gasteiger partial charge on any atom is 0.331 e. The molecule has 0 aliphatic heterocycles. The summed E-state index contributed by atoms with van der Waals surface area (Å²) in [6.45, 7) is 1.17. The third kappa shape index (κ3) is 3.11. The zero-order valence-corrected chi connectivity index (χ0v) is 9.76. The number of aliphatic carboxylic acids is 2. The Balaban J connectivity index is 0.000000982. The predicted molar refractivity (Wildman–Crippen MR) is 58.5 cm³/mol. The first kappa shape index (κ1) is 16.7. The zero-order chi connectivity index (χ0) is 15.2. The van der Waals surface area contributed by atoms with Crippen LogP contribution in [0.4, 0.5) is 8.78 Å². The first-order valence-electron chi connectivity index (χ1n) is 4.93. The van der Waals surface area contributed by atoms with Crippen LogP contribution in [0.25, 0.3) is 0 Å². The average Bonchev–Trinajstić information content (AvgIpc) is 2.29. The van der Waals surface area contributed by atoms with Crippen LogP contribution in [0.3, 0.4) is 0 Å². The fourth-order valence-corrected chi connectivity index (χ4v) is 1.73. The molecule has 1 aliphatic rings. The van der Waals surface area contributed by atoms with Gasteiger partial charge in [0.2, 0.25) is 6.08 Å². The molecule has 0 heterocycles. The van der Waals surface area contributed by atoms with E-state index in [1.807, 2.05) is 0 Å². The van der Waals surface area contributed by atoms with E-state index in [1.165, 1.54) is 6.92 Å². The van der Waals surface area contributed by atoms with E-state index in [0.717, 1.165) is 24.3 Å². The summed E-state index contributed by atoms with van der Waals surface area (Å²) in [4.78, 5) is 30.0. The Kier molecular flexibility index (Phi) is 5.75. The van der Waals surface area contributed by atoms with E-state index < -0.39 is 29.7 Å². The number of carbonyl (C=O) groups is 2. The SMILES string of the molecule is CC1C(C(=O)O)=CC=CC1(C(=O)O)C(F)F.N=C=O. The van der Waals surface area contributed by atoms with Crippen LogP contribution in [0.15, 0.2) is 23.8 Å². The second-order valence-corrected chi connectivity index (χ2v) is 3.65. The highest BCUT2D eigenvalue weighted by Crippen LogP contribution is 2.42. The van der Waals surface area contributed by atoms with Crippen LogP contribution in [0.2, 0.25) is 0 Å². The number of hydrogen-bond acceptors (Lipinski definition) is 4. The van der Waals surface area contributed by atoms with Crippen molar-refractivity contribution in [1.29, 1.82) is 5.41 Å². The Bertz CT molecular complexity index is 466. The summed E-state index contributed by atoms with van der Waals surface area (Å²) >= 11 is 0. The summed E-state index contributed by atoms with van der Waals surface area (Å²) in [7, 11) is 0. The van der Waals surface area contributed by atoms with Crippen molar-refractivity contribution < 1.29 is 33.4 Å². The Morgan fingerprint density at radius 3 is 2.26 bits per heavy atom. The maximum absolute atomic E-state index is 12.9. The van der Waals surface area contributed by atoms with Crippen LogP contribution < -0.4 is 0 Å². The van der Waals surface area contributed by atoms with E-state index in [4.69, 9.17) is 20.4 Å². The summed E-state index contributed by atoms with van der Waals surface area (Å²) in [5.41, 5.74) is -2.78. The van der Waals surface area contributed by atoms with E-state index in [-0.39, 0.29) is 5.57 Å². The molecule has 0 bridgehead atoms. The molecular weight excluding hydrogens is 264 g/mol. The molecule has 19 heavy (non-hydrogen) atoms. The second-order valence-electron chi connectivity index (χ2n) is 3.65. The number of rotatable bonds is 3. The molecule has 0 saturated carbocycles. The van der Waals surface area contributed by atoms with E-state index in [0.29, 0.717) is 0 Å². The molecule has 2 unspecified atom stereocenters. The van der Waals surface area contributed by atoms with Gasteiger partial charge in [0.25, 0.3) is 6.43 Å². The molecule has 0 aromatic carbocycles. The van der Waals surface area contributed by atoms with Crippen molar-refractivity contribution in [2.45, 2.75) is 13.3 Å². The zero-order valence-electron chi connectivity index (χ0n) is 9.76. The summed E-state index contributed by atoms with van der Waals surface area (Å²) < 4.78 is 25.7. The lowest BCUT2D eigenvalue weighted by Gasteiger charge is -2.33. The van der Waals surface area contributed by atoms with Crippen LogP contribution in [0.5, 0.6) is 0 Å². The van der Waals surface area contributed by atoms with Crippen molar-refractivity contribution in [2.24, 2.45) is 11.3 Å². The Morgan fingerprint density at radius 2 is 1.95 bits per heavy atom. The normalized spacial score (nSPS) is 24.8. The third-order valence-corrected chi connectivity index (χ3v) is 2.81. The summed E-state index contributed by atoms with van der Waals surface area (Å²) in [5.74, 6) is -4.39. The molecule has 0 aromatic heterocycles. The lowest BCUT2D eigenvalue weighted by Crippen LogP contribution is -2.45. The first-order chi connectivity index (χ1) is 8.75. The van der Waals surface area contributed by atoms with Crippen molar-refractivity contribution in [1.82, 2.24) is 0 Å². The molecule has 1 aliphatic carbocycles. The van der Waals surface area contributed by atoms with Crippen molar-refractivity contribution in [2.75, 3.05) is 0 Å². The molecule has 1 rings (SSSR count). The predicted octanol–water partition coefficient (Wildman–Crippen LogP) is 1.44. The number of allylic oxidation sites excluding steroid dienone is 2. The lowest BCUT2D eigenvalue weighted by molar-refractivity contribution is -0.158.